The molecule has 3 heteroatoms. The van der Waals surface area contributed by atoms with Gasteiger partial charge in [-0.15, -0.1) is 0 Å². The average Bonchev–Trinajstić information content (AvgIpc) is 2.43. The first kappa shape index (κ1) is 9.96. The molecule has 3 atom stereocenters. The Bertz CT molecular complexity index is 127. The van der Waals surface area contributed by atoms with Gasteiger partial charge in [-0.3, -0.25) is 0 Å². The van der Waals surface area contributed by atoms with Gasteiger partial charge in [-0.2, -0.15) is 0 Å². The summed E-state index contributed by atoms with van der Waals surface area (Å²) in [5, 5.41) is 8.57. The Morgan fingerprint density at radius 2 is 2.33 bits per heavy atom. The Morgan fingerprint density at radius 1 is 1.58 bits per heavy atom. The van der Waals surface area contributed by atoms with Crippen molar-refractivity contribution in [3.63, 3.8) is 0 Å². The summed E-state index contributed by atoms with van der Waals surface area (Å²) >= 11 is 0. The Labute approximate surface area is 73.7 Å². The molecule has 1 rings (SSSR count). The molecule has 0 aromatic carbocycles. The highest BCUT2D eigenvalue weighted by Crippen LogP contribution is 2.25. The van der Waals surface area contributed by atoms with Crippen LogP contribution in [-0.2, 0) is 9.47 Å². The number of aliphatic hydroxyl groups excluding tert-OH is 1. The van der Waals surface area contributed by atoms with Crippen LogP contribution >= 0.6 is 0 Å². The minimum Gasteiger partial charge on any atom is -0.394 e. The minimum absolute atomic E-state index is 0.0972. The van der Waals surface area contributed by atoms with Crippen molar-refractivity contribution in [1.82, 2.24) is 0 Å². The summed E-state index contributed by atoms with van der Waals surface area (Å²) in [6, 6.07) is 0. The van der Waals surface area contributed by atoms with Crippen LogP contribution in [0.3, 0.4) is 0 Å². The second-order valence-corrected chi connectivity index (χ2v) is 3.27. The van der Waals surface area contributed by atoms with Gasteiger partial charge in [0.05, 0.1) is 32.0 Å². The van der Waals surface area contributed by atoms with Crippen LogP contribution in [0.4, 0.5) is 0 Å². The highest BCUT2D eigenvalue weighted by molar-refractivity contribution is 4.80. The lowest BCUT2D eigenvalue weighted by Gasteiger charge is -2.16. The van der Waals surface area contributed by atoms with E-state index in [9.17, 15) is 0 Å². The summed E-state index contributed by atoms with van der Waals surface area (Å²) < 4.78 is 10.9. The van der Waals surface area contributed by atoms with Gasteiger partial charge in [-0.25, -0.2) is 0 Å². The van der Waals surface area contributed by atoms with Gasteiger partial charge in [0.15, 0.2) is 0 Å². The van der Waals surface area contributed by atoms with E-state index in [-0.39, 0.29) is 12.7 Å². The van der Waals surface area contributed by atoms with E-state index in [0.717, 1.165) is 6.42 Å². The molecule has 0 spiro atoms. The van der Waals surface area contributed by atoms with Gasteiger partial charge in [0.2, 0.25) is 0 Å². The molecule has 1 aliphatic rings. The smallest absolute Gasteiger partial charge is 0.0859 e. The van der Waals surface area contributed by atoms with Crippen molar-refractivity contribution < 1.29 is 14.6 Å². The summed E-state index contributed by atoms with van der Waals surface area (Å²) in [7, 11) is 0. The van der Waals surface area contributed by atoms with Crippen LogP contribution in [0.15, 0.2) is 0 Å². The highest BCUT2D eigenvalue weighted by Gasteiger charge is 2.32. The molecule has 0 radical (unpaired) electrons. The van der Waals surface area contributed by atoms with Crippen molar-refractivity contribution in [2.24, 2.45) is 5.92 Å². The van der Waals surface area contributed by atoms with E-state index in [1.54, 1.807) is 0 Å². The van der Waals surface area contributed by atoms with E-state index in [2.05, 4.69) is 13.8 Å². The van der Waals surface area contributed by atoms with Crippen LogP contribution in [0.1, 0.15) is 20.3 Å². The van der Waals surface area contributed by atoms with Crippen molar-refractivity contribution in [2.45, 2.75) is 32.5 Å². The zero-order chi connectivity index (χ0) is 8.97. The third-order valence-electron chi connectivity index (χ3n) is 2.47. The third-order valence-corrected chi connectivity index (χ3v) is 2.47. The topological polar surface area (TPSA) is 38.7 Å². The quantitative estimate of drug-likeness (QED) is 0.685. The molecule has 3 unspecified atom stereocenters. The predicted octanol–water partition coefficient (Wildman–Crippen LogP) is 0.809. The van der Waals surface area contributed by atoms with Crippen LogP contribution in [-0.4, -0.2) is 37.1 Å². The number of hydrogen-bond acceptors (Lipinski definition) is 3. The molecule has 0 aromatic heterocycles. The van der Waals surface area contributed by atoms with E-state index in [1.165, 1.54) is 0 Å². The SMILES string of the molecule is CCC1OCC(OCCO)C1C. The van der Waals surface area contributed by atoms with Gasteiger partial charge in [-0.05, 0) is 6.42 Å². The minimum atomic E-state index is 0.0972. The molecule has 1 heterocycles. The van der Waals surface area contributed by atoms with Gasteiger partial charge in [0, 0.05) is 5.92 Å². The molecule has 1 N–H and O–H groups in total. The molecule has 1 saturated heterocycles. The molecule has 0 aromatic rings. The van der Waals surface area contributed by atoms with E-state index < -0.39 is 0 Å². The second kappa shape index (κ2) is 4.80. The first-order valence-corrected chi connectivity index (χ1v) is 4.63. The maximum Gasteiger partial charge on any atom is 0.0859 e. The summed E-state index contributed by atoms with van der Waals surface area (Å²) in [6.07, 6.45) is 1.57. The Hall–Kier alpha value is -0.120. The van der Waals surface area contributed by atoms with Crippen molar-refractivity contribution >= 4 is 0 Å². The standard InChI is InChI=1S/C9H18O3/c1-3-8-7(2)9(6-12-8)11-5-4-10/h7-10H,3-6H2,1-2H3. The number of ether oxygens (including phenoxy) is 2. The summed E-state index contributed by atoms with van der Waals surface area (Å²) in [5.74, 6) is 0.460. The van der Waals surface area contributed by atoms with Crippen molar-refractivity contribution in [2.75, 3.05) is 19.8 Å². The zero-order valence-electron chi connectivity index (χ0n) is 7.82. The first-order valence-electron chi connectivity index (χ1n) is 4.63. The molecule has 1 aliphatic heterocycles. The van der Waals surface area contributed by atoms with Gasteiger partial charge in [0.25, 0.3) is 0 Å². The maximum atomic E-state index is 8.57. The fraction of sp³-hybridized carbons (Fsp3) is 1.00. The predicted molar refractivity (Wildman–Crippen MR) is 46.0 cm³/mol. The Morgan fingerprint density at radius 3 is 2.83 bits per heavy atom. The molecule has 3 nitrogen and oxygen atoms in total. The van der Waals surface area contributed by atoms with Crippen LogP contribution in [0, 0.1) is 5.92 Å². The van der Waals surface area contributed by atoms with E-state index in [1.807, 2.05) is 0 Å². The lowest BCUT2D eigenvalue weighted by atomic mass is 10.00. The largest absolute Gasteiger partial charge is 0.394 e. The molecule has 0 aliphatic carbocycles. The molecule has 0 bridgehead atoms. The van der Waals surface area contributed by atoms with Crippen molar-refractivity contribution in [3.8, 4) is 0 Å². The normalized spacial score (nSPS) is 35.8. The lowest BCUT2D eigenvalue weighted by Crippen LogP contribution is -2.24. The number of aliphatic hydroxyl groups is 1. The van der Waals surface area contributed by atoms with E-state index in [4.69, 9.17) is 14.6 Å². The van der Waals surface area contributed by atoms with Crippen molar-refractivity contribution in [3.05, 3.63) is 0 Å². The van der Waals surface area contributed by atoms with E-state index >= 15 is 0 Å². The highest BCUT2D eigenvalue weighted by atomic mass is 16.6. The van der Waals surface area contributed by atoms with Crippen LogP contribution in [0.25, 0.3) is 0 Å². The Balaban J connectivity index is 2.28. The van der Waals surface area contributed by atoms with Crippen molar-refractivity contribution in [1.29, 1.82) is 0 Å². The summed E-state index contributed by atoms with van der Waals surface area (Å²) in [4.78, 5) is 0. The molecule has 72 valence electrons. The monoisotopic (exact) mass is 174 g/mol. The second-order valence-electron chi connectivity index (χ2n) is 3.27. The van der Waals surface area contributed by atoms with Crippen LogP contribution in [0.2, 0.25) is 0 Å². The van der Waals surface area contributed by atoms with Gasteiger partial charge >= 0.3 is 0 Å². The number of hydrogen-bond donors (Lipinski definition) is 1. The number of rotatable bonds is 4. The summed E-state index contributed by atoms with van der Waals surface area (Å²) in [5.41, 5.74) is 0. The molecule has 0 saturated carbocycles. The summed E-state index contributed by atoms with van der Waals surface area (Å²) in [6.45, 7) is 5.47. The average molecular weight is 174 g/mol. The Kier molecular flexibility index (Phi) is 3.98. The zero-order valence-corrected chi connectivity index (χ0v) is 7.82. The van der Waals surface area contributed by atoms with Crippen LogP contribution < -0.4 is 0 Å². The van der Waals surface area contributed by atoms with Crippen LogP contribution in [0.5, 0.6) is 0 Å². The third kappa shape index (κ3) is 2.19. The van der Waals surface area contributed by atoms with Gasteiger partial charge in [0.1, 0.15) is 0 Å². The van der Waals surface area contributed by atoms with Gasteiger partial charge in [-0.1, -0.05) is 13.8 Å². The van der Waals surface area contributed by atoms with E-state index in [0.29, 0.717) is 25.2 Å². The molecular formula is C9H18O3. The lowest BCUT2D eigenvalue weighted by molar-refractivity contribution is 0.00952. The maximum absolute atomic E-state index is 8.57. The molecule has 0 amide bonds. The first-order chi connectivity index (χ1) is 5.79. The fourth-order valence-electron chi connectivity index (χ4n) is 1.66. The fourth-order valence-corrected chi connectivity index (χ4v) is 1.66. The van der Waals surface area contributed by atoms with Gasteiger partial charge < -0.3 is 14.6 Å². The molecule has 1 fully saturated rings. The molecular weight excluding hydrogens is 156 g/mol. The molecule has 12 heavy (non-hydrogen) atoms.